The minimum atomic E-state index is -1.02. The van der Waals surface area contributed by atoms with Crippen LogP contribution >= 0.6 is 11.6 Å². The van der Waals surface area contributed by atoms with Gasteiger partial charge in [0.1, 0.15) is 23.2 Å². The molecule has 2 aromatic heterocycles. The molecule has 0 spiro atoms. The van der Waals surface area contributed by atoms with Crippen LogP contribution in [0.5, 0.6) is 5.75 Å². The zero-order valence-electron chi connectivity index (χ0n) is 20.9. The molecule has 2 heterocycles. The standard InChI is InChI=1S/C30H21ClF2N2O4/c1-17-11-26-34-24(15-35(26)29(31)27(17)28(36)30(37)38-2)20-10-6-9-19(12-20)21-13-22(32)23(33)14-25(21)39-16-18-7-4-3-5-8-18/h3-15H,16H2,1-2H3. The average molecular weight is 547 g/mol. The number of carbonyl (C=O) groups is 2. The minimum absolute atomic E-state index is 0.0208. The van der Waals surface area contributed by atoms with Gasteiger partial charge in [-0.3, -0.25) is 9.20 Å². The molecule has 0 atom stereocenters. The Kier molecular flexibility index (Phi) is 7.13. The molecule has 0 aliphatic heterocycles. The number of halogens is 3. The molecule has 196 valence electrons. The topological polar surface area (TPSA) is 69.9 Å². The first-order valence-corrected chi connectivity index (χ1v) is 12.2. The normalized spacial score (nSPS) is 11.0. The van der Waals surface area contributed by atoms with Crippen LogP contribution < -0.4 is 4.74 Å². The van der Waals surface area contributed by atoms with Crippen molar-refractivity contribution in [2.24, 2.45) is 0 Å². The highest BCUT2D eigenvalue weighted by atomic mass is 35.5. The summed E-state index contributed by atoms with van der Waals surface area (Å²) in [5, 5.41) is 0.0208. The summed E-state index contributed by atoms with van der Waals surface area (Å²) >= 11 is 6.51. The molecular weight excluding hydrogens is 526 g/mol. The monoisotopic (exact) mass is 546 g/mol. The van der Waals surface area contributed by atoms with Crippen molar-refractivity contribution in [1.82, 2.24) is 9.38 Å². The van der Waals surface area contributed by atoms with E-state index in [1.165, 1.54) is 4.40 Å². The summed E-state index contributed by atoms with van der Waals surface area (Å²) in [5.74, 6) is -3.71. The number of esters is 1. The molecule has 0 aliphatic carbocycles. The summed E-state index contributed by atoms with van der Waals surface area (Å²) in [6.07, 6.45) is 1.63. The van der Waals surface area contributed by atoms with E-state index in [0.29, 0.717) is 33.6 Å². The van der Waals surface area contributed by atoms with Gasteiger partial charge in [0.05, 0.1) is 18.4 Å². The molecule has 3 aromatic carbocycles. The van der Waals surface area contributed by atoms with Crippen LogP contribution in [0.1, 0.15) is 21.5 Å². The van der Waals surface area contributed by atoms with Crippen LogP contribution in [0.15, 0.2) is 79.0 Å². The zero-order valence-corrected chi connectivity index (χ0v) is 21.6. The highest BCUT2D eigenvalue weighted by Gasteiger charge is 2.25. The number of Topliss-reactive ketones (excluding diaryl/α,β-unsaturated/α-hetero) is 1. The fraction of sp³-hybridized carbons (Fsp3) is 0.100. The maximum Gasteiger partial charge on any atom is 0.379 e. The second-order valence-corrected chi connectivity index (χ2v) is 9.14. The van der Waals surface area contributed by atoms with Crippen molar-refractivity contribution in [3.05, 3.63) is 112 Å². The number of aromatic nitrogens is 2. The number of pyridine rings is 1. The minimum Gasteiger partial charge on any atom is -0.488 e. The van der Waals surface area contributed by atoms with Crippen LogP contribution in [0.2, 0.25) is 5.15 Å². The predicted octanol–water partition coefficient (Wildman–Crippen LogP) is 6.84. The Bertz CT molecular complexity index is 1730. The first-order chi connectivity index (χ1) is 18.8. The van der Waals surface area contributed by atoms with E-state index in [1.54, 1.807) is 43.5 Å². The number of rotatable bonds is 7. The molecule has 0 unspecified atom stereocenters. The molecule has 0 amide bonds. The van der Waals surface area contributed by atoms with Gasteiger partial charge in [-0.25, -0.2) is 18.6 Å². The SMILES string of the molecule is COC(=O)C(=O)c1c(C)cc2nc(-c3cccc(-c4cc(F)c(F)cc4OCc4ccccc4)c3)cn2c1Cl. The maximum atomic E-state index is 14.3. The number of hydrogen-bond donors (Lipinski definition) is 0. The Balaban J connectivity index is 1.54. The summed E-state index contributed by atoms with van der Waals surface area (Å²) < 4.78 is 40.4. The van der Waals surface area contributed by atoms with E-state index in [2.05, 4.69) is 9.72 Å². The Morgan fingerprint density at radius 3 is 2.41 bits per heavy atom. The van der Waals surface area contributed by atoms with Crippen LogP contribution in [0.4, 0.5) is 8.78 Å². The first-order valence-electron chi connectivity index (χ1n) is 11.8. The number of methoxy groups -OCH3 is 1. The second-order valence-electron chi connectivity index (χ2n) is 8.79. The lowest BCUT2D eigenvalue weighted by Crippen LogP contribution is -2.18. The van der Waals surface area contributed by atoms with Gasteiger partial charge in [0.2, 0.25) is 0 Å². The van der Waals surface area contributed by atoms with Gasteiger partial charge < -0.3 is 9.47 Å². The first kappa shape index (κ1) is 26.1. The van der Waals surface area contributed by atoms with Crippen LogP contribution in [0.25, 0.3) is 28.0 Å². The van der Waals surface area contributed by atoms with Crippen molar-refractivity contribution in [2.45, 2.75) is 13.5 Å². The van der Waals surface area contributed by atoms with E-state index in [-0.39, 0.29) is 23.1 Å². The summed E-state index contributed by atoms with van der Waals surface area (Å²) in [7, 11) is 1.12. The smallest absolute Gasteiger partial charge is 0.379 e. The molecule has 0 bridgehead atoms. The number of imidazole rings is 1. The highest BCUT2D eigenvalue weighted by molar-refractivity contribution is 6.45. The van der Waals surface area contributed by atoms with Crippen molar-refractivity contribution in [2.75, 3.05) is 7.11 Å². The molecule has 9 heteroatoms. The molecule has 0 fully saturated rings. The molecule has 0 saturated carbocycles. The summed E-state index contributed by atoms with van der Waals surface area (Å²) in [6, 6.07) is 20.2. The van der Waals surface area contributed by atoms with E-state index >= 15 is 0 Å². The quantitative estimate of drug-likeness (QED) is 0.0967. The molecule has 0 radical (unpaired) electrons. The molecule has 5 aromatic rings. The van der Waals surface area contributed by atoms with E-state index in [1.807, 2.05) is 30.3 Å². The lowest BCUT2D eigenvalue weighted by Gasteiger charge is -2.13. The Hall–Kier alpha value is -4.56. The molecule has 6 nitrogen and oxygen atoms in total. The second kappa shape index (κ2) is 10.7. The molecule has 0 N–H and O–H groups in total. The van der Waals surface area contributed by atoms with Gasteiger partial charge in [0.15, 0.2) is 11.6 Å². The van der Waals surface area contributed by atoms with Crippen LogP contribution in [-0.4, -0.2) is 28.2 Å². The molecule has 5 rings (SSSR count). The van der Waals surface area contributed by atoms with Gasteiger partial charge in [-0.15, -0.1) is 0 Å². The third-order valence-corrected chi connectivity index (χ3v) is 6.59. The Morgan fingerprint density at radius 1 is 0.949 bits per heavy atom. The van der Waals surface area contributed by atoms with Crippen molar-refractivity contribution in [3.63, 3.8) is 0 Å². The summed E-state index contributed by atoms with van der Waals surface area (Å²) in [5.41, 5.74) is 3.94. The van der Waals surface area contributed by atoms with Gasteiger partial charge in [-0.2, -0.15) is 0 Å². The van der Waals surface area contributed by atoms with Gasteiger partial charge in [0.25, 0.3) is 5.78 Å². The number of aryl methyl sites for hydroxylation is 1. The van der Waals surface area contributed by atoms with Crippen LogP contribution in [0, 0.1) is 18.6 Å². The van der Waals surface area contributed by atoms with Crippen molar-refractivity contribution in [1.29, 1.82) is 0 Å². The summed E-state index contributed by atoms with van der Waals surface area (Å²) in [6.45, 7) is 1.83. The Labute approximate surface area is 227 Å². The highest BCUT2D eigenvalue weighted by Crippen LogP contribution is 2.35. The third-order valence-electron chi connectivity index (χ3n) is 6.22. The fourth-order valence-corrected chi connectivity index (χ4v) is 4.63. The van der Waals surface area contributed by atoms with Gasteiger partial charge in [-0.05, 0) is 41.8 Å². The largest absolute Gasteiger partial charge is 0.488 e. The molecule has 39 heavy (non-hydrogen) atoms. The maximum absolute atomic E-state index is 14.3. The zero-order chi connectivity index (χ0) is 27.7. The molecule has 0 saturated heterocycles. The molecule has 0 aliphatic rings. The number of carbonyl (C=O) groups excluding carboxylic acids is 2. The lowest BCUT2D eigenvalue weighted by atomic mass is 10.0. The lowest BCUT2D eigenvalue weighted by molar-refractivity contribution is -0.135. The van der Waals surface area contributed by atoms with E-state index in [9.17, 15) is 18.4 Å². The van der Waals surface area contributed by atoms with Gasteiger partial charge >= 0.3 is 5.97 Å². The van der Waals surface area contributed by atoms with E-state index in [0.717, 1.165) is 24.8 Å². The van der Waals surface area contributed by atoms with Crippen molar-refractivity contribution >= 4 is 29.0 Å². The number of nitrogens with zero attached hydrogens (tertiary/aromatic N) is 2. The fourth-order valence-electron chi connectivity index (χ4n) is 4.26. The van der Waals surface area contributed by atoms with Crippen molar-refractivity contribution < 1.29 is 27.8 Å². The summed E-state index contributed by atoms with van der Waals surface area (Å²) in [4.78, 5) is 29.0. The van der Waals surface area contributed by atoms with E-state index < -0.39 is 23.4 Å². The van der Waals surface area contributed by atoms with Gasteiger partial charge in [0, 0.05) is 23.4 Å². The van der Waals surface area contributed by atoms with Crippen LogP contribution in [-0.2, 0) is 16.1 Å². The van der Waals surface area contributed by atoms with Crippen molar-refractivity contribution in [3.8, 4) is 28.1 Å². The van der Waals surface area contributed by atoms with Crippen LogP contribution in [0.3, 0.4) is 0 Å². The Morgan fingerprint density at radius 2 is 1.67 bits per heavy atom. The third kappa shape index (κ3) is 5.11. The predicted molar refractivity (Wildman–Crippen MR) is 143 cm³/mol. The van der Waals surface area contributed by atoms with E-state index in [4.69, 9.17) is 16.3 Å². The number of ketones is 1. The van der Waals surface area contributed by atoms with Gasteiger partial charge in [-0.1, -0.05) is 60.1 Å². The number of hydrogen-bond acceptors (Lipinski definition) is 5. The number of ether oxygens (including phenoxy) is 2. The number of benzene rings is 3. The molecular formula is C30H21ClF2N2O4. The number of fused-ring (bicyclic) bond motifs is 1. The average Bonchev–Trinajstić information content (AvgIpc) is 3.38.